The predicted molar refractivity (Wildman–Crippen MR) is 199 cm³/mol. The molecule has 0 aromatic heterocycles. The summed E-state index contributed by atoms with van der Waals surface area (Å²) in [5.41, 5.74) is -0.940. The maximum atomic E-state index is 13.0. The summed E-state index contributed by atoms with van der Waals surface area (Å²) in [5, 5.41) is 38.4. The molecule has 51 heavy (non-hydrogen) atoms. The summed E-state index contributed by atoms with van der Waals surface area (Å²) in [7, 11) is 1.78. The van der Waals surface area contributed by atoms with Crippen molar-refractivity contribution >= 4 is 23.5 Å². The van der Waals surface area contributed by atoms with Crippen molar-refractivity contribution in [2.75, 3.05) is 7.11 Å². The van der Waals surface area contributed by atoms with E-state index >= 15 is 0 Å². The van der Waals surface area contributed by atoms with Crippen LogP contribution in [-0.2, 0) is 23.8 Å². The van der Waals surface area contributed by atoms with Gasteiger partial charge in [0.15, 0.2) is 0 Å². The molecule has 0 saturated heterocycles. The molecule has 0 radical (unpaired) electrons. The lowest BCUT2D eigenvalue weighted by atomic mass is 9.78. The predicted octanol–water partition coefficient (Wildman–Crippen LogP) is 6.64. The van der Waals surface area contributed by atoms with Gasteiger partial charge in [0, 0.05) is 37.1 Å². The number of carbonyl (C=O) groups is 2. The standard InChI is InChI=1S/C41H60ClNO8/c1-10-33(49-9)26(4)36-32-23-41(32,36)38(43-27(5)29-14-16-30(42)17-15-29)40(8,48)20-11-12-24(2)37-25(3)13-18-34(50-28(6)44)39(7,47)21-19-31(45)22-35(46)51-37/h11-18,20,25-27,31-34,36-38,43,45,47-48H,10,19,21-23H2,1-9H3/b18-13+,20-11+,24-12+/t25-,26+,27+,31+,32?,33-,34-,36-,37+,38?,39+,40?,41-/m0/s1. The van der Waals surface area contributed by atoms with E-state index in [0.29, 0.717) is 22.8 Å². The first-order chi connectivity index (χ1) is 23.9. The fraction of sp³-hybridized carbons (Fsp3) is 0.659. The Morgan fingerprint density at radius 2 is 1.88 bits per heavy atom. The minimum absolute atomic E-state index is 0.0452. The van der Waals surface area contributed by atoms with E-state index in [4.69, 9.17) is 25.8 Å². The molecule has 9 nitrogen and oxygen atoms in total. The summed E-state index contributed by atoms with van der Waals surface area (Å²) in [5.74, 6) is -0.161. The molecule has 1 aromatic carbocycles. The molecule has 4 N–H and O–H groups in total. The van der Waals surface area contributed by atoms with Crippen LogP contribution in [0.5, 0.6) is 0 Å². The number of halogens is 1. The third kappa shape index (κ3) is 9.72. The van der Waals surface area contributed by atoms with Crippen LogP contribution in [0, 0.1) is 29.1 Å². The third-order valence-corrected chi connectivity index (χ3v) is 11.9. The molecule has 284 valence electrons. The van der Waals surface area contributed by atoms with Crippen molar-refractivity contribution in [1.29, 1.82) is 0 Å². The van der Waals surface area contributed by atoms with Gasteiger partial charge in [-0.2, -0.15) is 0 Å². The minimum Gasteiger partial charge on any atom is -0.457 e. The largest absolute Gasteiger partial charge is 0.457 e. The van der Waals surface area contributed by atoms with Crippen molar-refractivity contribution < 1.29 is 39.1 Å². The van der Waals surface area contributed by atoms with E-state index in [9.17, 15) is 24.9 Å². The number of esters is 2. The molecule has 3 aliphatic rings. The van der Waals surface area contributed by atoms with Crippen molar-refractivity contribution in [3.8, 4) is 0 Å². The highest BCUT2D eigenvalue weighted by atomic mass is 35.5. The second-order valence-electron chi connectivity index (χ2n) is 15.8. The number of benzene rings is 1. The van der Waals surface area contributed by atoms with Crippen molar-refractivity contribution in [2.24, 2.45) is 29.1 Å². The van der Waals surface area contributed by atoms with Crippen LogP contribution in [-0.4, -0.2) is 76.0 Å². The summed E-state index contributed by atoms with van der Waals surface area (Å²) in [6.45, 7) is 14.9. The summed E-state index contributed by atoms with van der Waals surface area (Å²) in [4.78, 5) is 24.8. The Labute approximate surface area is 309 Å². The van der Waals surface area contributed by atoms with E-state index in [1.165, 1.54) is 6.92 Å². The molecule has 0 bridgehead atoms. The molecular formula is C41H60ClNO8. The number of allylic oxidation sites excluding steroid dienone is 2. The topological polar surface area (TPSA) is 135 Å². The summed E-state index contributed by atoms with van der Waals surface area (Å²) < 4.78 is 17.2. The molecule has 1 aromatic rings. The number of cyclic esters (lactones) is 1. The molecule has 0 spiro atoms. The van der Waals surface area contributed by atoms with E-state index in [2.05, 4.69) is 26.1 Å². The summed E-state index contributed by atoms with van der Waals surface area (Å²) in [6, 6.07) is 7.48. The smallest absolute Gasteiger partial charge is 0.309 e. The molecule has 3 unspecified atom stereocenters. The highest BCUT2D eigenvalue weighted by molar-refractivity contribution is 6.30. The number of fused-ring (bicyclic) bond motifs is 1. The molecule has 1 aliphatic heterocycles. The number of carbonyl (C=O) groups excluding carboxylic acids is 2. The molecule has 0 amide bonds. The van der Waals surface area contributed by atoms with Crippen LogP contribution in [0.3, 0.4) is 0 Å². The van der Waals surface area contributed by atoms with Gasteiger partial charge in [-0.3, -0.25) is 9.59 Å². The monoisotopic (exact) mass is 729 g/mol. The third-order valence-electron chi connectivity index (χ3n) is 11.7. The average Bonchev–Trinajstić information content (AvgIpc) is 3.94. The summed E-state index contributed by atoms with van der Waals surface area (Å²) in [6.07, 6.45) is 8.31. The first kappa shape index (κ1) is 41.2. The van der Waals surface area contributed by atoms with Gasteiger partial charge in [0.25, 0.3) is 0 Å². The van der Waals surface area contributed by atoms with Gasteiger partial charge in [-0.1, -0.05) is 68.8 Å². The van der Waals surface area contributed by atoms with Crippen LogP contribution in [0.1, 0.15) is 99.1 Å². The maximum Gasteiger partial charge on any atom is 0.309 e. The number of hydrogen-bond acceptors (Lipinski definition) is 9. The zero-order valence-electron chi connectivity index (χ0n) is 31.8. The molecule has 2 saturated carbocycles. The van der Waals surface area contributed by atoms with Crippen LogP contribution in [0.15, 0.2) is 60.2 Å². The fourth-order valence-electron chi connectivity index (χ4n) is 8.54. The van der Waals surface area contributed by atoms with Gasteiger partial charge in [-0.25, -0.2) is 0 Å². The SMILES string of the molecule is CC[C@H](OC)[C@@H](C)[C@H]1C2C[C@]21C(N[C@H](C)c1ccc(Cl)cc1)C(C)(O)/C=C/C=C(\C)[C@H]1OC(=O)C[C@H](O)CC[C@@](C)(O)[C@@H](OC(C)=O)/C=C/[C@@H]1C. The van der Waals surface area contributed by atoms with Gasteiger partial charge >= 0.3 is 11.9 Å². The number of aliphatic hydroxyl groups excluding tert-OH is 1. The van der Waals surface area contributed by atoms with Gasteiger partial charge in [0.1, 0.15) is 17.8 Å². The van der Waals surface area contributed by atoms with E-state index in [1.54, 1.807) is 26.2 Å². The quantitative estimate of drug-likeness (QED) is 0.100. The number of methoxy groups -OCH3 is 1. The fourth-order valence-corrected chi connectivity index (χ4v) is 8.67. The van der Waals surface area contributed by atoms with Crippen LogP contribution < -0.4 is 5.32 Å². The Hall–Kier alpha value is -2.53. The van der Waals surface area contributed by atoms with Crippen LogP contribution in [0.25, 0.3) is 0 Å². The Morgan fingerprint density at radius 3 is 2.47 bits per heavy atom. The van der Waals surface area contributed by atoms with E-state index in [1.807, 2.05) is 63.3 Å². The minimum atomic E-state index is -1.45. The lowest BCUT2D eigenvalue weighted by Gasteiger charge is -2.39. The van der Waals surface area contributed by atoms with Crippen LogP contribution in [0.2, 0.25) is 5.02 Å². The first-order valence-electron chi connectivity index (χ1n) is 18.5. The Bertz CT molecular complexity index is 1450. The van der Waals surface area contributed by atoms with E-state index < -0.39 is 41.5 Å². The van der Waals surface area contributed by atoms with Gasteiger partial charge in [-0.15, -0.1) is 0 Å². The van der Waals surface area contributed by atoms with Gasteiger partial charge in [-0.05, 0) is 106 Å². The van der Waals surface area contributed by atoms with Gasteiger partial charge in [0.05, 0.1) is 24.2 Å². The Kier molecular flexibility index (Phi) is 13.5. The van der Waals surface area contributed by atoms with Crippen LogP contribution >= 0.6 is 11.6 Å². The van der Waals surface area contributed by atoms with Crippen molar-refractivity contribution in [1.82, 2.24) is 5.32 Å². The number of nitrogens with one attached hydrogen (secondary N) is 1. The second kappa shape index (κ2) is 16.6. The molecule has 13 atom stereocenters. The summed E-state index contributed by atoms with van der Waals surface area (Å²) >= 11 is 6.18. The molecule has 2 fully saturated rings. The average molecular weight is 730 g/mol. The molecular weight excluding hydrogens is 670 g/mol. The lowest BCUT2D eigenvalue weighted by molar-refractivity contribution is -0.157. The molecule has 10 heteroatoms. The molecule has 2 aliphatic carbocycles. The maximum absolute atomic E-state index is 13.0. The zero-order valence-corrected chi connectivity index (χ0v) is 32.5. The van der Waals surface area contributed by atoms with E-state index in [-0.39, 0.29) is 48.8 Å². The van der Waals surface area contributed by atoms with Gasteiger partial charge in [0.2, 0.25) is 0 Å². The first-order valence-corrected chi connectivity index (χ1v) is 18.8. The zero-order chi connectivity index (χ0) is 37.9. The molecule has 4 rings (SSSR count). The van der Waals surface area contributed by atoms with Crippen LogP contribution in [0.4, 0.5) is 0 Å². The number of aliphatic hydroxyl groups is 3. The van der Waals surface area contributed by atoms with Crippen molar-refractivity contribution in [2.45, 2.75) is 135 Å². The molecule has 1 heterocycles. The highest BCUT2D eigenvalue weighted by Crippen LogP contribution is 2.84. The van der Waals surface area contributed by atoms with Crippen molar-refractivity contribution in [3.63, 3.8) is 0 Å². The second-order valence-corrected chi connectivity index (χ2v) is 16.2. The Morgan fingerprint density at radius 1 is 1.22 bits per heavy atom. The number of ether oxygens (including phenoxy) is 3. The lowest BCUT2D eigenvalue weighted by Crippen LogP contribution is -2.53. The van der Waals surface area contributed by atoms with E-state index in [0.717, 1.165) is 24.0 Å². The van der Waals surface area contributed by atoms with Crippen molar-refractivity contribution in [3.05, 3.63) is 70.8 Å². The normalized spacial score (nSPS) is 35.5. The highest BCUT2D eigenvalue weighted by Gasteiger charge is 2.84. The number of hydrogen-bond donors (Lipinski definition) is 4. The number of rotatable bonds is 13. The Balaban J connectivity index is 1.61. The van der Waals surface area contributed by atoms with Gasteiger partial charge < -0.3 is 34.8 Å².